The third-order valence-corrected chi connectivity index (χ3v) is 5.63. The molecule has 3 heterocycles. The molecule has 0 fully saturated rings. The Labute approximate surface area is 189 Å². The van der Waals surface area contributed by atoms with Crippen molar-refractivity contribution >= 4 is 11.6 Å². The highest BCUT2D eigenvalue weighted by Gasteiger charge is 2.36. The van der Waals surface area contributed by atoms with Gasteiger partial charge in [-0.15, -0.1) is 0 Å². The molecular weight excluding hydrogens is 423 g/mol. The van der Waals surface area contributed by atoms with Crippen molar-refractivity contribution in [3.8, 4) is 11.4 Å². The van der Waals surface area contributed by atoms with Crippen LogP contribution in [-0.2, 0) is 6.54 Å². The number of furan rings is 1. The van der Waals surface area contributed by atoms with Crippen LogP contribution in [0.3, 0.4) is 0 Å². The van der Waals surface area contributed by atoms with E-state index in [1.165, 1.54) is 12.1 Å². The highest BCUT2D eigenvalue weighted by atomic mass is 19.1. The second-order valence-electron chi connectivity index (χ2n) is 7.89. The van der Waals surface area contributed by atoms with E-state index in [4.69, 9.17) is 8.94 Å². The molecule has 0 bridgehead atoms. The normalized spacial score (nSPS) is 16.3. The zero-order valence-electron chi connectivity index (χ0n) is 18.1. The summed E-state index contributed by atoms with van der Waals surface area (Å²) in [5.41, 5.74) is 3.89. The molecule has 0 saturated carbocycles. The molecule has 1 N–H and O–H groups in total. The SMILES string of the molecule is CC1=C(c2nc(-c3cccc(C)c3)no2)C(c2ccc(F)cc2)NC(=O)N1Cc1ccco1. The average molecular weight is 444 g/mol. The molecule has 0 saturated heterocycles. The van der Waals surface area contributed by atoms with Crippen LogP contribution in [-0.4, -0.2) is 21.1 Å². The summed E-state index contributed by atoms with van der Waals surface area (Å²) in [5.74, 6) is 1.00. The third-order valence-electron chi connectivity index (χ3n) is 5.63. The lowest BCUT2D eigenvalue weighted by Crippen LogP contribution is -2.45. The standard InChI is InChI=1S/C25H21FN4O3/c1-15-5-3-6-18(13-15)23-28-24(33-29-23)21-16(2)30(14-20-7-4-12-32-20)25(31)27-22(21)17-8-10-19(26)11-9-17/h3-13,22H,14H2,1-2H3,(H,27,31). The zero-order chi connectivity index (χ0) is 22.9. The number of aromatic nitrogens is 2. The van der Waals surface area contributed by atoms with E-state index in [2.05, 4.69) is 15.5 Å². The predicted molar refractivity (Wildman–Crippen MR) is 119 cm³/mol. The van der Waals surface area contributed by atoms with E-state index < -0.39 is 6.04 Å². The highest BCUT2D eigenvalue weighted by Crippen LogP contribution is 2.38. The molecule has 4 aromatic rings. The van der Waals surface area contributed by atoms with Gasteiger partial charge in [-0.3, -0.25) is 4.90 Å². The number of carbonyl (C=O) groups is 1. The molecule has 2 aromatic carbocycles. The minimum atomic E-state index is -0.586. The van der Waals surface area contributed by atoms with Gasteiger partial charge in [0.05, 0.1) is 24.4 Å². The van der Waals surface area contributed by atoms with E-state index >= 15 is 0 Å². The minimum absolute atomic E-state index is 0.239. The largest absolute Gasteiger partial charge is 0.467 e. The van der Waals surface area contributed by atoms with Crippen molar-refractivity contribution in [2.45, 2.75) is 26.4 Å². The fourth-order valence-corrected chi connectivity index (χ4v) is 3.95. The van der Waals surface area contributed by atoms with Gasteiger partial charge in [-0.25, -0.2) is 9.18 Å². The number of halogens is 1. The van der Waals surface area contributed by atoms with Gasteiger partial charge in [-0.2, -0.15) is 4.98 Å². The summed E-state index contributed by atoms with van der Waals surface area (Å²) in [4.78, 5) is 19.2. The molecule has 33 heavy (non-hydrogen) atoms. The van der Waals surface area contributed by atoms with Crippen LogP contribution in [0.1, 0.15) is 35.7 Å². The van der Waals surface area contributed by atoms with Gasteiger partial charge >= 0.3 is 6.03 Å². The van der Waals surface area contributed by atoms with Crippen molar-refractivity contribution < 1.29 is 18.1 Å². The molecule has 2 amide bonds. The number of rotatable bonds is 5. The van der Waals surface area contributed by atoms with Gasteiger partial charge in [0.25, 0.3) is 5.89 Å². The maximum atomic E-state index is 13.6. The van der Waals surface area contributed by atoms with Gasteiger partial charge in [0, 0.05) is 11.3 Å². The molecule has 2 aromatic heterocycles. The average Bonchev–Trinajstić information content (AvgIpc) is 3.49. The van der Waals surface area contributed by atoms with Gasteiger partial charge in [0.15, 0.2) is 0 Å². The van der Waals surface area contributed by atoms with Crippen LogP contribution in [0.15, 0.2) is 81.6 Å². The van der Waals surface area contributed by atoms with Gasteiger partial charge in [0.2, 0.25) is 5.82 Å². The molecule has 1 unspecified atom stereocenters. The maximum Gasteiger partial charge on any atom is 0.322 e. The van der Waals surface area contributed by atoms with Crippen LogP contribution < -0.4 is 5.32 Å². The molecule has 1 aliphatic rings. The molecule has 0 spiro atoms. The zero-order valence-corrected chi connectivity index (χ0v) is 18.1. The number of amides is 2. The lowest BCUT2D eigenvalue weighted by Gasteiger charge is -2.34. The maximum absolute atomic E-state index is 13.6. The van der Waals surface area contributed by atoms with Crippen molar-refractivity contribution in [1.29, 1.82) is 0 Å². The fraction of sp³-hybridized carbons (Fsp3) is 0.160. The molecule has 8 heteroatoms. The Hall–Kier alpha value is -4.20. The van der Waals surface area contributed by atoms with Gasteiger partial charge in [0.1, 0.15) is 11.6 Å². The summed E-state index contributed by atoms with van der Waals surface area (Å²) in [7, 11) is 0. The van der Waals surface area contributed by atoms with Crippen LogP contribution >= 0.6 is 0 Å². The Balaban J connectivity index is 1.60. The number of urea groups is 1. The van der Waals surface area contributed by atoms with Gasteiger partial charge < -0.3 is 14.3 Å². The summed E-state index contributed by atoms with van der Waals surface area (Å²) in [6, 6.07) is 16.5. The number of hydrogen-bond donors (Lipinski definition) is 1. The third kappa shape index (κ3) is 4.03. The monoisotopic (exact) mass is 444 g/mol. The first kappa shape index (κ1) is 20.7. The van der Waals surface area contributed by atoms with Crippen molar-refractivity contribution in [2.75, 3.05) is 0 Å². The lowest BCUT2D eigenvalue weighted by atomic mass is 9.94. The van der Waals surface area contributed by atoms with E-state index in [-0.39, 0.29) is 24.3 Å². The second-order valence-corrected chi connectivity index (χ2v) is 7.89. The summed E-state index contributed by atoms with van der Waals surface area (Å²) in [6.07, 6.45) is 1.56. The lowest BCUT2D eigenvalue weighted by molar-refractivity contribution is 0.199. The Morgan fingerprint density at radius 1 is 1.09 bits per heavy atom. The van der Waals surface area contributed by atoms with Crippen LogP contribution in [0.25, 0.3) is 17.0 Å². The highest BCUT2D eigenvalue weighted by molar-refractivity contribution is 5.86. The summed E-state index contributed by atoms with van der Waals surface area (Å²) in [6.45, 7) is 4.05. The number of carbonyl (C=O) groups excluding carboxylic acids is 1. The number of allylic oxidation sites excluding steroid dienone is 1. The van der Waals surface area contributed by atoms with Gasteiger partial charge in [-0.05, 0) is 49.7 Å². The number of hydrogen-bond acceptors (Lipinski definition) is 5. The minimum Gasteiger partial charge on any atom is -0.467 e. The molecular formula is C25H21FN4O3. The van der Waals surface area contributed by atoms with Crippen LogP contribution in [0, 0.1) is 12.7 Å². The topological polar surface area (TPSA) is 84.4 Å². The molecule has 7 nitrogen and oxygen atoms in total. The Morgan fingerprint density at radius 2 is 1.91 bits per heavy atom. The Kier molecular flexibility index (Phi) is 5.26. The molecule has 1 aliphatic heterocycles. The van der Waals surface area contributed by atoms with Crippen molar-refractivity contribution in [3.05, 3.63) is 101 Å². The summed E-state index contributed by atoms with van der Waals surface area (Å²) < 4.78 is 24.7. The van der Waals surface area contributed by atoms with E-state index in [9.17, 15) is 9.18 Å². The predicted octanol–water partition coefficient (Wildman–Crippen LogP) is 5.47. The van der Waals surface area contributed by atoms with Crippen molar-refractivity contribution in [1.82, 2.24) is 20.4 Å². The fourth-order valence-electron chi connectivity index (χ4n) is 3.95. The van der Waals surface area contributed by atoms with Crippen LogP contribution in [0.5, 0.6) is 0 Å². The molecule has 166 valence electrons. The quantitative estimate of drug-likeness (QED) is 0.441. The van der Waals surface area contributed by atoms with Crippen LogP contribution in [0.4, 0.5) is 9.18 Å². The van der Waals surface area contributed by atoms with Crippen LogP contribution in [0.2, 0.25) is 0 Å². The first-order valence-corrected chi connectivity index (χ1v) is 10.5. The molecule has 5 rings (SSSR count). The number of benzene rings is 2. The first-order chi connectivity index (χ1) is 16.0. The molecule has 0 aliphatic carbocycles. The van der Waals surface area contributed by atoms with E-state index in [1.54, 1.807) is 35.4 Å². The van der Waals surface area contributed by atoms with Crippen molar-refractivity contribution in [3.63, 3.8) is 0 Å². The van der Waals surface area contributed by atoms with E-state index in [0.29, 0.717) is 28.4 Å². The summed E-state index contributed by atoms with van der Waals surface area (Å²) in [5, 5.41) is 7.16. The number of aryl methyl sites for hydroxylation is 1. The van der Waals surface area contributed by atoms with E-state index in [1.807, 2.05) is 38.1 Å². The Morgan fingerprint density at radius 3 is 2.64 bits per heavy atom. The first-order valence-electron chi connectivity index (χ1n) is 10.5. The number of nitrogens with one attached hydrogen (secondary N) is 1. The summed E-state index contributed by atoms with van der Waals surface area (Å²) >= 11 is 0. The molecule has 1 atom stereocenters. The van der Waals surface area contributed by atoms with E-state index in [0.717, 1.165) is 11.1 Å². The second kappa shape index (κ2) is 8.38. The van der Waals surface area contributed by atoms with Gasteiger partial charge in [-0.1, -0.05) is 41.1 Å². The number of nitrogens with zero attached hydrogens (tertiary/aromatic N) is 3. The molecule has 0 radical (unpaired) electrons. The Bertz CT molecular complexity index is 1330. The smallest absolute Gasteiger partial charge is 0.322 e. The van der Waals surface area contributed by atoms with Crippen molar-refractivity contribution in [2.24, 2.45) is 0 Å².